The van der Waals surface area contributed by atoms with Gasteiger partial charge in [-0.1, -0.05) is 64.3 Å². The molecule has 3 heteroatoms. The first kappa shape index (κ1) is 25.7. The minimum absolute atomic E-state index is 0.0762. The van der Waals surface area contributed by atoms with Crippen LogP contribution < -0.4 is 10.4 Å². The molecule has 0 unspecified atom stereocenters. The summed E-state index contributed by atoms with van der Waals surface area (Å²) in [6.07, 6.45) is 5.22. The Kier molecular flexibility index (Phi) is 19.8. The van der Waals surface area contributed by atoms with Crippen molar-refractivity contribution in [2.24, 2.45) is 5.92 Å². The molecule has 0 radical (unpaired) electrons. The lowest BCUT2D eigenvalue weighted by Gasteiger charge is -2.07. The van der Waals surface area contributed by atoms with E-state index in [2.05, 4.69) is 19.2 Å². The summed E-state index contributed by atoms with van der Waals surface area (Å²) < 4.78 is 0. The quantitative estimate of drug-likeness (QED) is 0.802. The van der Waals surface area contributed by atoms with Gasteiger partial charge >= 0.3 is 0 Å². The maximum Gasteiger partial charge on any atom is 0.132 e. The van der Waals surface area contributed by atoms with E-state index in [-0.39, 0.29) is 11.7 Å². The number of benzene rings is 1. The van der Waals surface area contributed by atoms with Crippen molar-refractivity contribution >= 4 is 31.5 Å². The first-order valence-corrected chi connectivity index (χ1v) is 7.56. The summed E-state index contributed by atoms with van der Waals surface area (Å²) in [6.45, 7) is 18.7. The van der Waals surface area contributed by atoms with Crippen molar-refractivity contribution in [3.8, 4) is 0 Å². The molecule has 0 saturated heterocycles. The average Bonchev–Trinajstić information content (AvgIpc) is 2.55. The van der Waals surface area contributed by atoms with Crippen LogP contribution in [0.15, 0.2) is 30.9 Å². The summed E-state index contributed by atoms with van der Waals surface area (Å²) in [6, 6.07) is 6.09. The second-order valence-corrected chi connectivity index (χ2v) is 4.39. The van der Waals surface area contributed by atoms with Gasteiger partial charge in [-0.05, 0) is 36.3 Å². The fourth-order valence-electron chi connectivity index (χ4n) is 1.55. The molecule has 0 aliphatic heterocycles. The van der Waals surface area contributed by atoms with E-state index in [0.29, 0.717) is 0 Å². The third-order valence-electron chi connectivity index (χ3n) is 2.74. The highest BCUT2D eigenvalue weighted by Crippen LogP contribution is 2.06. The number of hydrogen-bond acceptors (Lipinski definition) is 3. The predicted octanol–water partition coefficient (Wildman–Crippen LogP) is 2.88. The van der Waals surface area contributed by atoms with Gasteiger partial charge in [-0.3, -0.25) is 4.79 Å². The molecule has 23 heavy (non-hydrogen) atoms. The van der Waals surface area contributed by atoms with E-state index in [9.17, 15) is 4.79 Å². The Labute approximate surface area is 140 Å². The maximum atomic E-state index is 11.2. The molecule has 1 rings (SSSR count). The Bertz CT molecular complexity index is 559. The molecule has 0 aliphatic carbocycles. The van der Waals surface area contributed by atoms with Crippen LogP contribution in [0.5, 0.6) is 0 Å². The van der Waals surface area contributed by atoms with E-state index in [1.807, 2.05) is 45.8 Å². The van der Waals surface area contributed by atoms with Gasteiger partial charge < -0.3 is 9.59 Å². The maximum absolute atomic E-state index is 11.2. The van der Waals surface area contributed by atoms with Crippen molar-refractivity contribution < 1.29 is 14.4 Å². The highest BCUT2D eigenvalue weighted by molar-refractivity contribution is 5.78. The zero-order chi connectivity index (χ0) is 18.8. The van der Waals surface area contributed by atoms with Crippen molar-refractivity contribution in [1.82, 2.24) is 0 Å². The van der Waals surface area contributed by atoms with E-state index >= 15 is 0 Å². The summed E-state index contributed by atoms with van der Waals surface area (Å²) in [4.78, 5) is 28.0. The van der Waals surface area contributed by atoms with Gasteiger partial charge in [-0.2, -0.15) is 0 Å². The molecule has 3 nitrogen and oxygen atoms in total. The Morgan fingerprint density at radius 2 is 1.74 bits per heavy atom. The number of aldehydes is 1. The molecule has 1 aromatic carbocycles. The zero-order valence-electron chi connectivity index (χ0n) is 15.1. The number of carbonyl (C=O) groups excluding carboxylic acids is 3. The number of ketones is 1. The van der Waals surface area contributed by atoms with E-state index in [1.54, 1.807) is 13.0 Å². The Morgan fingerprint density at radius 1 is 1.26 bits per heavy atom. The fraction of sp³-hybridized carbons (Fsp3) is 0.350. The second kappa shape index (κ2) is 17.8. The first-order valence-electron chi connectivity index (χ1n) is 7.56. The molecule has 1 aromatic rings. The molecule has 0 aromatic heterocycles. The standard InChI is InChI=1S/C15H18O.C2H4O.C2H6.CH2O/c1-5-6-15-10-14(8-7-11(15)2)9-12(3)13(4)16;1-2-3;2*1-2/h5-8,10,12H,1-2,9H2,3-4H3;2H,1H3;1-2H3;1H2/b15-6-;;;/t12-;;;/m0.../s1. The summed E-state index contributed by atoms with van der Waals surface area (Å²) in [7, 11) is 0. The number of Topliss-reactive ketones (excluding diaryl/α,β-unsaturated/α-hetero) is 1. The number of carbonyl (C=O) groups is 3. The van der Waals surface area contributed by atoms with E-state index in [4.69, 9.17) is 9.59 Å². The van der Waals surface area contributed by atoms with E-state index < -0.39 is 0 Å². The summed E-state index contributed by atoms with van der Waals surface area (Å²) in [5, 5.41) is 2.06. The smallest absolute Gasteiger partial charge is 0.132 e. The van der Waals surface area contributed by atoms with Crippen LogP contribution in [0.4, 0.5) is 0 Å². The van der Waals surface area contributed by atoms with Crippen LogP contribution in [0.3, 0.4) is 0 Å². The minimum atomic E-state index is 0.0762. The van der Waals surface area contributed by atoms with Crippen LogP contribution in [0.1, 0.15) is 40.2 Å². The van der Waals surface area contributed by atoms with Crippen LogP contribution in [-0.2, 0) is 20.8 Å². The number of rotatable bonds is 4. The van der Waals surface area contributed by atoms with Crippen LogP contribution in [0, 0.1) is 5.92 Å². The fourth-order valence-corrected chi connectivity index (χ4v) is 1.55. The van der Waals surface area contributed by atoms with Crippen LogP contribution in [0.25, 0.3) is 12.7 Å². The van der Waals surface area contributed by atoms with Gasteiger partial charge in [0, 0.05) is 5.92 Å². The second-order valence-electron chi connectivity index (χ2n) is 4.39. The van der Waals surface area contributed by atoms with Crippen molar-refractivity contribution in [3.05, 3.63) is 46.9 Å². The molecule has 0 bridgehead atoms. The van der Waals surface area contributed by atoms with Crippen LogP contribution >= 0.6 is 0 Å². The normalized spacial score (nSPS) is 10.4. The Morgan fingerprint density at radius 3 is 2.13 bits per heavy atom. The van der Waals surface area contributed by atoms with Gasteiger partial charge in [0.15, 0.2) is 0 Å². The molecule has 0 fully saturated rings. The lowest BCUT2D eigenvalue weighted by atomic mass is 9.97. The largest absolute Gasteiger partial charge is 0.307 e. The topological polar surface area (TPSA) is 51.2 Å². The molecule has 0 saturated carbocycles. The third-order valence-corrected chi connectivity index (χ3v) is 2.74. The van der Waals surface area contributed by atoms with Crippen molar-refractivity contribution in [3.63, 3.8) is 0 Å². The SMILES string of the molecule is C=C/C=c1/cc(C[C@H](C)C(C)=O)ccc1=C.C=O.CC.CC=O. The van der Waals surface area contributed by atoms with Gasteiger partial charge in [0.1, 0.15) is 18.9 Å². The van der Waals surface area contributed by atoms with E-state index in [1.165, 1.54) is 12.5 Å². The highest BCUT2D eigenvalue weighted by Gasteiger charge is 2.07. The molecule has 0 spiro atoms. The Hall–Kier alpha value is -2.29. The van der Waals surface area contributed by atoms with Crippen molar-refractivity contribution in [2.45, 2.75) is 41.0 Å². The van der Waals surface area contributed by atoms with Gasteiger partial charge in [-0.25, -0.2) is 0 Å². The molecule has 0 heterocycles. The monoisotopic (exact) mass is 318 g/mol. The minimum Gasteiger partial charge on any atom is -0.307 e. The van der Waals surface area contributed by atoms with Gasteiger partial charge in [0.25, 0.3) is 0 Å². The summed E-state index contributed by atoms with van der Waals surface area (Å²) in [5.41, 5.74) is 1.17. The van der Waals surface area contributed by atoms with Crippen LogP contribution in [-0.4, -0.2) is 18.9 Å². The molecular weight excluding hydrogens is 288 g/mol. The zero-order valence-corrected chi connectivity index (χ0v) is 15.1. The van der Waals surface area contributed by atoms with Gasteiger partial charge in [-0.15, -0.1) is 0 Å². The highest BCUT2D eigenvalue weighted by atomic mass is 16.1. The predicted molar refractivity (Wildman–Crippen MR) is 99.6 cm³/mol. The molecular formula is C20H30O3. The van der Waals surface area contributed by atoms with Crippen LogP contribution in [0.2, 0.25) is 0 Å². The third kappa shape index (κ3) is 13.1. The van der Waals surface area contributed by atoms with Gasteiger partial charge in [0.2, 0.25) is 0 Å². The number of hydrogen-bond donors (Lipinski definition) is 0. The molecule has 128 valence electrons. The van der Waals surface area contributed by atoms with Crippen molar-refractivity contribution in [1.29, 1.82) is 0 Å². The number of allylic oxidation sites excluding steroid dienone is 1. The molecule has 0 aliphatic rings. The lowest BCUT2D eigenvalue weighted by Crippen LogP contribution is -2.23. The summed E-state index contributed by atoms with van der Waals surface area (Å²) in [5.74, 6) is 0.306. The molecule has 1 atom stereocenters. The van der Waals surface area contributed by atoms with Gasteiger partial charge in [0.05, 0.1) is 0 Å². The lowest BCUT2D eigenvalue weighted by molar-refractivity contribution is -0.120. The van der Waals surface area contributed by atoms with Crippen molar-refractivity contribution in [2.75, 3.05) is 0 Å². The van der Waals surface area contributed by atoms with E-state index in [0.717, 1.165) is 23.1 Å². The molecule has 0 N–H and O–H groups in total. The summed E-state index contributed by atoms with van der Waals surface area (Å²) >= 11 is 0. The average molecular weight is 318 g/mol. The Balaban J connectivity index is -0.000000496. The first-order chi connectivity index (χ1) is 11.0. The molecule has 0 amide bonds.